The van der Waals surface area contributed by atoms with Crippen molar-refractivity contribution in [3.05, 3.63) is 34.9 Å². The lowest BCUT2D eigenvalue weighted by Gasteiger charge is -2.29. The second kappa shape index (κ2) is 7.25. The number of benzene rings is 1. The average molecular weight is 320 g/mol. The standard InChI is InChI=1S/C17H22ClN3O/c18-15-7-5-14(6-8-15)16-9-10-17(22)21(19-16)13-20-11-3-1-2-4-12-20/h5-8H,1-4,9-13H2. The molecular formula is C17H22ClN3O. The fraction of sp³-hybridized carbons (Fsp3) is 0.529. The summed E-state index contributed by atoms with van der Waals surface area (Å²) in [5, 5.41) is 6.97. The Morgan fingerprint density at radius 2 is 1.68 bits per heavy atom. The number of halogens is 1. The van der Waals surface area contributed by atoms with Gasteiger partial charge in [-0.3, -0.25) is 9.69 Å². The fourth-order valence-electron chi connectivity index (χ4n) is 3.03. The van der Waals surface area contributed by atoms with Crippen molar-refractivity contribution in [3.8, 4) is 0 Å². The van der Waals surface area contributed by atoms with Crippen LogP contribution in [0.5, 0.6) is 0 Å². The Bertz CT molecular complexity index is 548. The van der Waals surface area contributed by atoms with Crippen molar-refractivity contribution in [3.63, 3.8) is 0 Å². The molecule has 1 aromatic carbocycles. The summed E-state index contributed by atoms with van der Waals surface area (Å²) < 4.78 is 0. The van der Waals surface area contributed by atoms with Gasteiger partial charge in [0.2, 0.25) is 5.91 Å². The number of likely N-dealkylation sites (tertiary alicyclic amines) is 1. The van der Waals surface area contributed by atoms with Gasteiger partial charge in [-0.05, 0) is 43.6 Å². The van der Waals surface area contributed by atoms with Gasteiger partial charge in [0.15, 0.2) is 0 Å². The monoisotopic (exact) mass is 319 g/mol. The van der Waals surface area contributed by atoms with Crippen LogP contribution in [-0.2, 0) is 4.79 Å². The SMILES string of the molecule is O=C1CCC(c2ccc(Cl)cc2)=NN1CN1CCCCCC1. The average Bonchev–Trinajstić information content (AvgIpc) is 2.79. The van der Waals surface area contributed by atoms with Crippen molar-refractivity contribution in [2.24, 2.45) is 5.10 Å². The second-order valence-corrected chi connectivity index (χ2v) is 6.46. The molecule has 0 aliphatic carbocycles. The molecule has 0 atom stereocenters. The first-order chi connectivity index (χ1) is 10.7. The molecule has 2 heterocycles. The molecule has 1 saturated heterocycles. The molecule has 0 bridgehead atoms. The van der Waals surface area contributed by atoms with Crippen LogP contribution in [0, 0.1) is 0 Å². The maximum atomic E-state index is 12.2. The summed E-state index contributed by atoms with van der Waals surface area (Å²) in [5.74, 6) is 0.127. The van der Waals surface area contributed by atoms with Crippen molar-refractivity contribution in [1.82, 2.24) is 9.91 Å². The number of hydrogen-bond acceptors (Lipinski definition) is 3. The maximum Gasteiger partial charge on any atom is 0.244 e. The minimum absolute atomic E-state index is 0.127. The molecule has 0 aromatic heterocycles. The molecule has 22 heavy (non-hydrogen) atoms. The van der Waals surface area contributed by atoms with Crippen molar-refractivity contribution in [1.29, 1.82) is 0 Å². The van der Waals surface area contributed by atoms with Gasteiger partial charge in [-0.2, -0.15) is 5.10 Å². The van der Waals surface area contributed by atoms with E-state index in [9.17, 15) is 4.79 Å². The summed E-state index contributed by atoms with van der Waals surface area (Å²) >= 11 is 5.94. The Labute approximate surface area is 136 Å². The molecule has 2 aliphatic rings. The Morgan fingerprint density at radius 1 is 1.00 bits per heavy atom. The van der Waals surface area contributed by atoms with E-state index in [2.05, 4.69) is 10.0 Å². The van der Waals surface area contributed by atoms with E-state index < -0.39 is 0 Å². The first kappa shape index (κ1) is 15.5. The topological polar surface area (TPSA) is 35.9 Å². The summed E-state index contributed by atoms with van der Waals surface area (Å²) in [4.78, 5) is 14.5. The van der Waals surface area contributed by atoms with Gasteiger partial charge in [0.25, 0.3) is 0 Å². The highest BCUT2D eigenvalue weighted by molar-refractivity contribution is 6.30. The minimum atomic E-state index is 0.127. The second-order valence-electron chi connectivity index (χ2n) is 6.02. The van der Waals surface area contributed by atoms with Crippen LogP contribution in [0.1, 0.15) is 44.1 Å². The quantitative estimate of drug-likeness (QED) is 0.855. The van der Waals surface area contributed by atoms with E-state index in [1.165, 1.54) is 25.7 Å². The zero-order valence-electron chi connectivity index (χ0n) is 12.8. The smallest absolute Gasteiger partial charge is 0.244 e. The zero-order chi connectivity index (χ0) is 15.4. The maximum absolute atomic E-state index is 12.2. The van der Waals surface area contributed by atoms with E-state index in [-0.39, 0.29) is 5.91 Å². The van der Waals surface area contributed by atoms with Crippen molar-refractivity contribution in [2.75, 3.05) is 19.8 Å². The molecule has 0 spiro atoms. The summed E-state index contributed by atoms with van der Waals surface area (Å²) in [6, 6.07) is 7.69. The van der Waals surface area contributed by atoms with Crippen LogP contribution in [0.3, 0.4) is 0 Å². The molecule has 5 heteroatoms. The molecule has 1 aromatic rings. The van der Waals surface area contributed by atoms with Gasteiger partial charge in [0.05, 0.1) is 12.4 Å². The molecule has 0 N–H and O–H groups in total. The van der Waals surface area contributed by atoms with Gasteiger partial charge in [-0.1, -0.05) is 36.6 Å². The molecule has 4 nitrogen and oxygen atoms in total. The Hall–Kier alpha value is -1.39. The lowest BCUT2D eigenvalue weighted by Crippen LogP contribution is -2.41. The summed E-state index contributed by atoms with van der Waals surface area (Å²) in [7, 11) is 0. The van der Waals surface area contributed by atoms with Gasteiger partial charge in [-0.15, -0.1) is 0 Å². The van der Waals surface area contributed by atoms with Crippen LogP contribution in [0.15, 0.2) is 29.4 Å². The van der Waals surface area contributed by atoms with Crippen LogP contribution >= 0.6 is 11.6 Å². The predicted molar refractivity (Wildman–Crippen MR) is 89.0 cm³/mol. The van der Waals surface area contributed by atoms with Gasteiger partial charge >= 0.3 is 0 Å². The number of nitrogens with zero attached hydrogens (tertiary/aromatic N) is 3. The van der Waals surface area contributed by atoms with E-state index in [1.807, 2.05) is 24.3 Å². The van der Waals surface area contributed by atoms with Crippen LogP contribution in [0.4, 0.5) is 0 Å². The van der Waals surface area contributed by atoms with E-state index in [0.717, 1.165) is 29.4 Å². The molecule has 1 amide bonds. The van der Waals surface area contributed by atoms with Crippen LogP contribution in [-0.4, -0.2) is 41.3 Å². The van der Waals surface area contributed by atoms with Gasteiger partial charge < -0.3 is 0 Å². The largest absolute Gasteiger partial charge is 0.284 e. The van der Waals surface area contributed by atoms with Gasteiger partial charge in [0.1, 0.15) is 0 Å². The van der Waals surface area contributed by atoms with Crippen LogP contribution < -0.4 is 0 Å². The van der Waals surface area contributed by atoms with E-state index in [4.69, 9.17) is 11.6 Å². The van der Waals surface area contributed by atoms with Crippen molar-refractivity contribution < 1.29 is 4.79 Å². The van der Waals surface area contributed by atoms with Gasteiger partial charge in [-0.25, -0.2) is 5.01 Å². The molecule has 0 saturated carbocycles. The number of carbonyl (C=O) groups is 1. The van der Waals surface area contributed by atoms with Crippen LogP contribution in [0.25, 0.3) is 0 Å². The summed E-state index contributed by atoms with van der Waals surface area (Å²) in [5.41, 5.74) is 2.03. The van der Waals surface area contributed by atoms with Gasteiger partial charge in [0, 0.05) is 17.9 Å². The molecule has 0 radical (unpaired) electrons. The highest BCUT2D eigenvalue weighted by atomic mass is 35.5. The first-order valence-corrected chi connectivity index (χ1v) is 8.46. The third-order valence-electron chi connectivity index (χ3n) is 4.32. The lowest BCUT2D eigenvalue weighted by atomic mass is 10.0. The fourth-order valence-corrected chi connectivity index (χ4v) is 3.15. The highest BCUT2D eigenvalue weighted by Gasteiger charge is 2.23. The van der Waals surface area contributed by atoms with E-state index in [1.54, 1.807) is 5.01 Å². The highest BCUT2D eigenvalue weighted by Crippen LogP contribution is 2.18. The Balaban J connectivity index is 1.72. The number of carbonyl (C=O) groups excluding carboxylic acids is 1. The summed E-state index contributed by atoms with van der Waals surface area (Å²) in [6.07, 6.45) is 6.27. The number of rotatable bonds is 3. The minimum Gasteiger partial charge on any atom is -0.284 e. The first-order valence-electron chi connectivity index (χ1n) is 8.08. The molecule has 2 aliphatic heterocycles. The number of hydrazone groups is 1. The summed E-state index contributed by atoms with van der Waals surface area (Å²) in [6.45, 7) is 2.75. The van der Waals surface area contributed by atoms with Crippen LogP contribution in [0.2, 0.25) is 5.02 Å². The molecule has 3 rings (SSSR count). The third-order valence-corrected chi connectivity index (χ3v) is 4.57. The van der Waals surface area contributed by atoms with Crippen molar-refractivity contribution in [2.45, 2.75) is 38.5 Å². The Kier molecular flexibility index (Phi) is 5.11. The predicted octanol–water partition coefficient (Wildman–Crippen LogP) is 3.50. The molecule has 0 unspecified atom stereocenters. The molecular weight excluding hydrogens is 298 g/mol. The van der Waals surface area contributed by atoms with E-state index in [0.29, 0.717) is 19.5 Å². The van der Waals surface area contributed by atoms with Crippen molar-refractivity contribution >= 4 is 23.2 Å². The molecule has 1 fully saturated rings. The lowest BCUT2D eigenvalue weighted by molar-refractivity contribution is -0.134. The number of hydrogen-bond donors (Lipinski definition) is 0. The molecule has 118 valence electrons. The zero-order valence-corrected chi connectivity index (χ0v) is 13.6. The number of amides is 1. The third kappa shape index (κ3) is 3.87. The van der Waals surface area contributed by atoms with E-state index >= 15 is 0 Å². The Morgan fingerprint density at radius 3 is 2.36 bits per heavy atom. The normalized spacial score (nSPS) is 20.7.